The minimum absolute atomic E-state index is 0.0114. The van der Waals surface area contributed by atoms with Crippen molar-refractivity contribution in [3.8, 4) is 17.0 Å². The fraction of sp³-hybridized carbons (Fsp3) is 0.286. The highest BCUT2D eigenvalue weighted by atomic mass is 16.5. The van der Waals surface area contributed by atoms with Gasteiger partial charge in [-0.05, 0) is 29.8 Å². The van der Waals surface area contributed by atoms with Gasteiger partial charge in [0.25, 0.3) is 5.91 Å². The van der Waals surface area contributed by atoms with Crippen LogP contribution in [-0.2, 0) is 6.54 Å². The average Bonchev–Trinajstić information content (AvgIpc) is 3.25. The molecule has 1 saturated heterocycles. The quantitative estimate of drug-likeness (QED) is 0.739. The summed E-state index contributed by atoms with van der Waals surface area (Å²) in [5, 5.41) is 7.19. The zero-order chi connectivity index (χ0) is 19.3. The van der Waals surface area contributed by atoms with Crippen LogP contribution in [0.2, 0.25) is 0 Å². The summed E-state index contributed by atoms with van der Waals surface area (Å²) in [6, 6.07) is 13.5. The molecule has 0 radical (unpaired) electrons. The summed E-state index contributed by atoms with van der Waals surface area (Å²) in [6.07, 6.45) is 3.67. The van der Waals surface area contributed by atoms with Gasteiger partial charge in [-0.2, -0.15) is 5.10 Å². The van der Waals surface area contributed by atoms with Gasteiger partial charge in [0.2, 0.25) is 0 Å². The third-order valence-corrected chi connectivity index (χ3v) is 4.96. The molecule has 1 amide bonds. The molecule has 28 heavy (non-hydrogen) atoms. The van der Waals surface area contributed by atoms with Crippen LogP contribution in [-0.4, -0.2) is 64.2 Å². The first-order chi connectivity index (χ1) is 13.7. The van der Waals surface area contributed by atoms with Crippen molar-refractivity contribution in [1.82, 2.24) is 25.0 Å². The van der Waals surface area contributed by atoms with E-state index in [0.717, 1.165) is 36.6 Å². The van der Waals surface area contributed by atoms with E-state index in [2.05, 4.69) is 26.1 Å². The van der Waals surface area contributed by atoms with Crippen LogP contribution in [0.4, 0.5) is 0 Å². The lowest BCUT2D eigenvalue weighted by molar-refractivity contribution is 0.0622. The lowest BCUT2D eigenvalue weighted by atomic mass is 10.1. The van der Waals surface area contributed by atoms with Crippen LogP contribution in [0.25, 0.3) is 11.3 Å². The first-order valence-corrected chi connectivity index (χ1v) is 9.33. The second kappa shape index (κ2) is 8.22. The Kier molecular flexibility index (Phi) is 5.34. The fourth-order valence-electron chi connectivity index (χ4n) is 3.39. The van der Waals surface area contributed by atoms with Gasteiger partial charge in [-0.3, -0.25) is 19.8 Å². The SMILES string of the molecule is COc1cccc(-c2cc(C(=O)N3CCN(Cc4cccnc4)CC3)[nH]n2)c1. The molecule has 0 aliphatic carbocycles. The van der Waals surface area contributed by atoms with E-state index in [4.69, 9.17) is 4.74 Å². The van der Waals surface area contributed by atoms with Crippen molar-refractivity contribution in [1.29, 1.82) is 0 Å². The fourth-order valence-corrected chi connectivity index (χ4v) is 3.39. The number of benzene rings is 1. The molecule has 0 unspecified atom stereocenters. The van der Waals surface area contributed by atoms with Crippen LogP contribution in [0, 0.1) is 0 Å². The Morgan fingerprint density at radius 3 is 2.75 bits per heavy atom. The largest absolute Gasteiger partial charge is 0.497 e. The summed E-state index contributed by atoms with van der Waals surface area (Å²) in [5.74, 6) is 0.751. The van der Waals surface area contributed by atoms with Gasteiger partial charge in [0.15, 0.2) is 0 Å². The Morgan fingerprint density at radius 1 is 1.14 bits per heavy atom. The first-order valence-electron chi connectivity index (χ1n) is 9.33. The van der Waals surface area contributed by atoms with Crippen LogP contribution in [0.3, 0.4) is 0 Å². The maximum absolute atomic E-state index is 12.8. The molecule has 0 atom stereocenters. The number of nitrogens with zero attached hydrogens (tertiary/aromatic N) is 4. The van der Waals surface area contributed by atoms with Crippen molar-refractivity contribution in [2.45, 2.75) is 6.54 Å². The molecule has 1 aliphatic heterocycles. The predicted octanol–water partition coefficient (Wildman–Crippen LogP) is 2.44. The zero-order valence-electron chi connectivity index (χ0n) is 15.8. The van der Waals surface area contributed by atoms with E-state index >= 15 is 0 Å². The Balaban J connectivity index is 1.37. The molecule has 3 aromatic rings. The number of pyridine rings is 1. The molecule has 4 rings (SSSR count). The van der Waals surface area contributed by atoms with Gasteiger partial charge in [-0.25, -0.2) is 0 Å². The van der Waals surface area contributed by atoms with Crippen molar-refractivity contribution >= 4 is 5.91 Å². The zero-order valence-corrected chi connectivity index (χ0v) is 15.8. The minimum Gasteiger partial charge on any atom is -0.497 e. The molecule has 7 heteroatoms. The normalized spacial score (nSPS) is 14.8. The van der Waals surface area contributed by atoms with Gasteiger partial charge < -0.3 is 9.64 Å². The van der Waals surface area contributed by atoms with Crippen molar-refractivity contribution in [3.05, 3.63) is 66.1 Å². The maximum atomic E-state index is 12.8. The molecule has 7 nitrogen and oxygen atoms in total. The second-order valence-corrected chi connectivity index (χ2v) is 6.83. The molecule has 0 bridgehead atoms. The van der Waals surface area contributed by atoms with Gasteiger partial charge in [0.1, 0.15) is 11.4 Å². The van der Waals surface area contributed by atoms with Crippen molar-refractivity contribution < 1.29 is 9.53 Å². The van der Waals surface area contributed by atoms with Crippen LogP contribution < -0.4 is 4.74 Å². The number of H-pyrrole nitrogens is 1. The molecule has 1 aromatic carbocycles. The number of piperazine rings is 1. The van der Waals surface area contributed by atoms with E-state index in [1.54, 1.807) is 19.4 Å². The van der Waals surface area contributed by atoms with E-state index in [1.165, 1.54) is 5.56 Å². The van der Waals surface area contributed by atoms with Crippen molar-refractivity contribution in [2.75, 3.05) is 33.3 Å². The van der Waals surface area contributed by atoms with E-state index in [9.17, 15) is 4.79 Å². The highest BCUT2D eigenvalue weighted by molar-refractivity contribution is 5.93. The number of amides is 1. The van der Waals surface area contributed by atoms with Crippen molar-refractivity contribution in [3.63, 3.8) is 0 Å². The maximum Gasteiger partial charge on any atom is 0.271 e. The minimum atomic E-state index is -0.0114. The predicted molar refractivity (Wildman–Crippen MR) is 106 cm³/mol. The lowest BCUT2D eigenvalue weighted by Gasteiger charge is -2.34. The molecule has 0 spiro atoms. The number of aromatic nitrogens is 3. The number of methoxy groups -OCH3 is 1. The number of ether oxygens (including phenoxy) is 1. The molecule has 3 heterocycles. The van der Waals surface area contributed by atoms with Crippen molar-refractivity contribution in [2.24, 2.45) is 0 Å². The highest BCUT2D eigenvalue weighted by Gasteiger charge is 2.23. The summed E-state index contributed by atoms with van der Waals surface area (Å²) < 4.78 is 5.26. The summed E-state index contributed by atoms with van der Waals surface area (Å²) >= 11 is 0. The smallest absolute Gasteiger partial charge is 0.271 e. The van der Waals surface area contributed by atoms with Gasteiger partial charge >= 0.3 is 0 Å². The van der Waals surface area contributed by atoms with Crippen LogP contribution in [0.1, 0.15) is 16.1 Å². The standard InChI is InChI=1S/C21H23N5O2/c1-28-18-6-2-5-17(12-18)19-13-20(24-23-19)21(27)26-10-8-25(9-11-26)15-16-4-3-7-22-14-16/h2-7,12-14H,8-11,15H2,1H3,(H,23,24). The highest BCUT2D eigenvalue weighted by Crippen LogP contribution is 2.23. The lowest BCUT2D eigenvalue weighted by Crippen LogP contribution is -2.48. The molecule has 144 valence electrons. The Bertz CT molecular complexity index is 933. The number of rotatable bonds is 5. The number of carbonyl (C=O) groups is 1. The van der Waals surface area contributed by atoms with Gasteiger partial charge in [0.05, 0.1) is 12.8 Å². The third kappa shape index (κ3) is 4.04. The number of carbonyl (C=O) groups excluding carboxylic acids is 1. The monoisotopic (exact) mass is 377 g/mol. The molecule has 1 aliphatic rings. The van der Waals surface area contributed by atoms with E-state index in [0.29, 0.717) is 18.8 Å². The summed E-state index contributed by atoms with van der Waals surface area (Å²) in [7, 11) is 1.63. The molecule has 0 saturated carbocycles. The first kappa shape index (κ1) is 18.2. The Morgan fingerprint density at radius 2 is 2.00 bits per heavy atom. The molecular weight excluding hydrogens is 354 g/mol. The van der Waals surface area contributed by atoms with Gasteiger partial charge in [-0.15, -0.1) is 0 Å². The van der Waals surface area contributed by atoms with Crippen LogP contribution in [0.15, 0.2) is 54.9 Å². The molecular formula is C21H23N5O2. The van der Waals surface area contributed by atoms with E-state index < -0.39 is 0 Å². The van der Waals surface area contributed by atoms with Crippen LogP contribution >= 0.6 is 0 Å². The van der Waals surface area contributed by atoms with Gasteiger partial charge in [-0.1, -0.05) is 18.2 Å². The van der Waals surface area contributed by atoms with E-state index in [-0.39, 0.29) is 5.91 Å². The Hall–Kier alpha value is -3.19. The average molecular weight is 377 g/mol. The Labute approximate surface area is 164 Å². The van der Waals surface area contributed by atoms with Gasteiger partial charge in [0, 0.05) is 50.7 Å². The number of hydrogen-bond acceptors (Lipinski definition) is 5. The number of aromatic amines is 1. The molecule has 1 N–H and O–H groups in total. The summed E-state index contributed by atoms with van der Waals surface area (Å²) in [4.78, 5) is 21.2. The second-order valence-electron chi connectivity index (χ2n) is 6.83. The number of hydrogen-bond donors (Lipinski definition) is 1. The molecule has 2 aromatic heterocycles. The third-order valence-electron chi connectivity index (χ3n) is 4.96. The molecule has 1 fully saturated rings. The van der Waals surface area contributed by atoms with E-state index in [1.807, 2.05) is 41.4 Å². The topological polar surface area (TPSA) is 74.3 Å². The summed E-state index contributed by atoms with van der Waals surface area (Å²) in [6.45, 7) is 3.95. The summed E-state index contributed by atoms with van der Waals surface area (Å²) in [5.41, 5.74) is 3.35. The number of nitrogens with one attached hydrogen (secondary N) is 1. The van der Waals surface area contributed by atoms with Crippen LogP contribution in [0.5, 0.6) is 5.75 Å².